The third-order valence-electron chi connectivity index (χ3n) is 3.36. The number of nitrogens with one attached hydrogen (secondary N) is 1. The Kier molecular flexibility index (Phi) is 5.64. The van der Waals surface area contributed by atoms with Crippen molar-refractivity contribution in [2.45, 2.75) is 32.6 Å². The SMILES string of the molecule is C#Cc1cnc2ccc(OC(OC)C(=O)NC(C)(C)C#CC)cc2c1. The Morgan fingerprint density at radius 3 is 2.76 bits per heavy atom. The van der Waals surface area contributed by atoms with Gasteiger partial charge < -0.3 is 14.8 Å². The number of terminal acetylenes is 1. The van der Waals surface area contributed by atoms with Crippen LogP contribution in [0.15, 0.2) is 30.5 Å². The molecule has 1 heterocycles. The number of methoxy groups -OCH3 is 1. The molecule has 1 aromatic carbocycles. The molecule has 0 saturated heterocycles. The first-order valence-electron chi connectivity index (χ1n) is 7.70. The van der Waals surface area contributed by atoms with E-state index in [1.165, 1.54) is 7.11 Å². The summed E-state index contributed by atoms with van der Waals surface area (Å²) in [6.45, 7) is 5.32. The van der Waals surface area contributed by atoms with Crippen molar-refractivity contribution in [3.63, 3.8) is 0 Å². The molecule has 0 bridgehead atoms. The van der Waals surface area contributed by atoms with Crippen LogP contribution in [0.2, 0.25) is 0 Å². The van der Waals surface area contributed by atoms with E-state index in [2.05, 4.69) is 28.1 Å². The molecule has 1 atom stereocenters. The summed E-state index contributed by atoms with van der Waals surface area (Å²) in [5.41, 5.74) is 0.774. The number of ether oxygens (including phenoxy) is 2. The summed E-state index contributed by atoms with van der Waals surface area (Å²) in [5.74, 6) is 8.30. The summed E-state index contributed by atoms with van der Waals surface area (Å²) in [7, 11) is 1.40. The Morgan fingerprint density at radius 1 is 1.36 bits per heavy atom. The molecule has 2 rings (SSSR count). The summed E-state index contributed by atoms with van der Waals surface area (Å²) in [5, 5.41) is 3.60. The maximum atomic E-state index is 12.4. The zero-order chi connectivity index (χ0) is 18.4. The highest BCUT2D eigenvalue weighted by Gasteiger charge is 2.26. The Labute approximate surface area is 147 Å². The van der Waals surface area contributed by atoms with Crippen LogP contribution in [0.5, 0.6) is 5.75 Å². The molecule has 1 unspecified atom stereocenters. The summed E-state index contributed by atoms with van der Waals surface area (Å²) >= 11 is 0. The first kappa shape index (κ1) is 18.3. The molecule has 2 aromatic rings. The molecule has 5 nitrogen and oxygen atoms in total. The molecule has 1 N–H and O–H groups in total. The van der Waals surface area contributed by atoms with Crippen molar-refractivity contribution in [3.05, 3.63) is 36.0 Å². The van der Waals surface area contributed by atoms with Crippen molar-refractivity contribution >= 4 is 16.8 Å². The van der Waals surface area contributed by atoms with Crippen LogP contribution in [0.4, 0.5) is 0 Å². The molecule has 25 heavy (non-hydrogen) atoms. The van der Waals surface area contributed by atoms with Crippen LogP contribution in [0.3, 0.4) is 0 Å². The van der Waals surface area contributed by atoms with Gasteiger partial charge in [-0.2, -0.15) is 0 Å². The lowest BCUT2D eigenvalue weighted by molar-refractivity contribution is -0.149. The smallest absolute Gasteiger partial charge is 0.290 e. The Hall–Kier alpha value is -3.02. The maximum Gasteiger partial charge on any atom is 0.290 e. The van der Waals surface area contributed by atoms with Crippen molar-refractivity contribution in [2.75, 3.05) is 7.11 Å². The third kappa shape index (κ3) is 4.73. The summed E-state index contributed by atoms with van der Waals surface area (Å²) in [6, 6.07) is 7.11. The van der Waals surface area contributed by atoms with Gasteiger partial charge in [0, 0.05) is 24.3 Å². The molecule has 0 radical (unpaired) electrons. The van der Waals surface area contributed by atoms with Gasteiger partial charge in [-0.3, -0.25) is 9.78 Å². The third-order valence-corrected chi connectivity index (χ3v) is 3.36. The number of fused-ring (bicyclic) bond motifs is 1. The van der Waals surface area contributed by atoms with Crippen molar-refractivity contribution in [3.8, 4) is 29.9 Å². The second-order valence-electron chi connectivity index (χ2n) is 5.90. The monoisotopic (exact) mass is 336 g/mol. The molecule has 0 spiro atoms. The minimum absolute atomic E-state index is 0.411. The molecule has 128 valence electrons. The van der Waals surface area contributed by atoms with E-state index >= 15 is 0 Å². The van der Waals surface area contributed by atoms with Crippen molar-refractivity contribution in [2.24, 2.45) is 0 Å². The van der Waals surface area contributed by atoms with Gasteiger partial charge in [0.05, 0.1) is 11.1 Å². The molecule has 0 aliphatic rings. The molecule has 1 aromatic heterocycles. The average Bonchev–Trinajstić information content (AvgIpc) is 2.58. The highest BCUT2D eigenvalue weighted by Crippen LogP contribution is 2.21. The zero-order valence-corrected chi connectivity index (χ0v) is 14.7. The largest absolute Gasteiger partial charge is 0.455 e. The molecule has 5 heteroatoms. The van der Waals surface area contributed by atoms with Gasteiger partial charge in [-0.25, -0.2) is 0 Å². The maximum absolute atomic E-state index is 12.4. The lowest BCUT2D eigenvalue weighted by Crippen LogP contribution is -2.49. The number of nitrogens with zero attached hydrogens (tertiary/aromatic N) is 1. The van der Waals surface area contributed by atoms with Crippen molar-refractivity contribution in [1.29, 1.82) is 0 Å². The van der Waals surface area contributed by atoms with E-state index in [1.54, 1.807) is 45.2 Å². The van der Waals surface area contributed by atoms with Gasteiger partial charge in [0.15, 0.2) is 0 Å². The van der Waals surface area contributed by atoms with Crippen molar-refractivity contribution in [1.82, 2.24) is 10.3 Å². The Bertz CT molecular complexity index is 885. The van der Waals surface area contributed by atoms with Gasteiger partial charge in [0.2, 0.25) is 0 Å². The van der Waals surface area contributed by atoms with E-state index in [-0.39, 0.29) is 0 Å². The van der Waals surface area contributed by atoms with Crippen LogP contribution < -0.4 is 10.1 Å². The highest BCUT2D eigenvalue weighted by atomic mass is 16.7. The van der Waals surface area contributed by atoms with E-state index in [0.29, 0.717) is 11.3 Å². The minimum atomic E-state index is -1.10. The molecular formula is C20H20N2O3. The number of pyridine rings is 1. The van der Waals surface area contributed by atoms with E-state index < -0.39 is 17.7 Å². The Balaban J connectivity index is 2.20. The van der Waals surface area contributed by atoms with Gasteiger partial charge >= 0.3 is 0 Å². The molecule has 0 aliphatic heterocycles. The van der Waals surface area contributed by atoms with Gasteiger partial charge in [-0.15, -0.1) is 12.3 Å². The van der Waals surface area contributed by atoms with E-state index in [0.717, 1.165) is 10.9 Å². The predicted octanol–water partition coefficient (Wildman–Crippen LogP) is 2.49. The molecule has 0 aliphatic carbocycles. The first-order valence-corrected chi connectivity index (χ1v) is 7.70. The number of amides is 1. The van der Waals surface area contributed by atoms with Crippen LogP contribution in [0.25, 0.3) is 10.9 Å². The zero-order valence-electron chi connectivity index (χ0n) is 14.7. The molecule has 1 amide bonds. The van der Waals surface area contributed by atoms with Gasteiger partial charge in [-0.1, -0.05) is 11.8 Å². The van der Waals surface area contributed by atoms with Gasteiger partial charge in [-0.05, 0) is 45.0 Å². The highest BCUT2D eigenvalue weighted by molar-refractivity contribution is 5.83. The van der Waals surface area contributed by atoms with Crippen LogP contribution in [0.1, 0.15) is 26.3 Å². The summed E-state index contributed by atoms with van der Waals surface area (Å²) in [6.07, 6.45) is 5.93. The Morgan fingerprint density at radius 2 is 2.12 bits per heavy atom. The van der Waals surface area contributed by atoms with Crippen LogP contribution >= 0.6 is 0 Å². The number of hydrogen-bond donors (Lipinski definition) is 1. The molecule has 0 saturated carbocycles. The fourth-order valence-corrected chi connectivity index (χ4v) is 2.30. The number of hydrogen-bond acceptors (Lipinski definition) is 4. The average molecular weight is 336 g/mol. The molecular weight excluding hydrogens is 316 g/mol. The van der Waals surface area contributed by atoms with Crippen molar-refractivity contribution < 1.29 is 14.3 Å². The topological polar surface area (TPSA) is 60.5 Å². The number of rotatable bonds is 5. The second kappa shape index (κ2) is 7.70. The summed E-state index contributed by atoms with van der Waals surface area (Å²) < 4.78 is 10.8. The number of carbonyl (C=O) groups is 1. The van der Waals surface area contributed by atoms with E-state index in [4.69, 9.17) is 15.9 Å². The number of aromatic nitrogens is 1. The minimum Gasteiger partial charge on any atom is -0.455 e. The van der Waals surface area contributed by atoms with Gasteiger partial charge in [0.1, 0.15) is 5.75 Å². The standard InChI is InChI=1S/C20H20N2O3/c1-6-10-20(3,4)22-18(23)19(24-5)25-16-8-9-17-15(12-16)11-14(7-2)13-21-17/h2,8-9,11-13,19H,1,3-5H3,(H,22,23). The number of carbonyl (C=O) groups excluding carboxylic acids is 1. The fraction of sp³-hybridized carbons (Fsp3) is 0.300. The second-order valence-corrected chi connectivity index (χ2v) is 5.90. The quantitative estimate of drug-likeness (QED) is 0.673. The van der Waals surface area contributed by atoms with E-state index in [1.807, 2.05) is 6.07 Å². The van der Waals surface area contributed by atoms with Crippen LogP contribution in [-0.2, 0) is 9.53 Å². The van der Waals surface area contributed by atoms with Crippen LogP contribution in [0, 0.1) is 24.2 Å². The number of benzene rings is 1. The lowest BCUT2D eigenvalue weighted by atomic mass is 10.1. The van der Waals surface area contributed by atoms with Gasteiger partial charge in [0.25, 0.3) is 12.2 Å². The van der Waals surface area contributed by atoms with Crippen LogP contribution in [-0.4, -0.2) is 29.8 Å². The lowest BCUT2D eigenvalue weighted by Gasteiger charge is -2.24. The normalized spacial score (nSPS) is 11.8. The van der Waals surface area contributed by atoms with E-state index in [9.17, 15) is 4.79 Å². The predicted molar refractivity (Wildman–Crippen MR) is 96.8 cm³/mol. The summed E-state index contributed by atoms with van der Waals surface area (Å²) in [4.78, 5) is 16.6. The first-order chi connectivity index (χ1) is 11.9. The fourth-order valence-electron chi connectivity index (χ4n) is 2.30. The molecule has 0 fully saturated rings.